The minimum Gasteiger partial charge on any atom is -0.748 e. The molecular weight excluding hydrogens is 720 g/mol. The van der Waals surface area contributed by atoms with E-state index in [-0.39, 0.29) is 151 Å². The number of ether oxygens (including phenoxy) is 3. The Morgan fingerprint density at radius 3 is 1.48 bits per heavy atom. The van der Waals surface area contributed by atoms with Gasteiger partial charge in [-0.3, -0.25) is 4.18 Å². The maximum atomic E-state index is 10.6. The molecule has 25 heteroatoms. The second-order valence-corrected chi connectivity index (χ2v) is 13.1. The van der Waals surface area contributed by atoms with Crippen LogP contribution in [0.25, 0.3) is 0 Å². The average molecular weight is 761 g/mol. The number of hydrogen-bond acceptors (Lipinski definition) is 18. The summed E-state index contributed by atoms with van der Waals surface area (Å²) >= 11 is 0. The first-order valence-corrected chi connectivity index (χ1v) is 17.4. The monoisotopic (exact) mass is 760 g/mol. The minimum atomic E-state index is -4.61. The molecule has 17 nitrogen and oxygen atoms in total. The quantitative estimate of drug-likeness (QED) is 0.0383. The predicted octanol–water partition coefficient (Wildman–Crippen LogP) is -13.4. The topological polar surface area (TPSA) is 283 Å². The molecule has 246 valence electrons. The Hall–Kier alpha value is 3.44. The molecule has 0 saturated carbocycles. The number of aliphatic hydroxyl groups is 2. The van der Waals surface area contributed by atoms with Crippen LogP contribution in [0.5, 0.6) is 0 Å². The molecule has 44 heavy (non-hydrogen) atoms. The van der Waals surface area contributed by atoms with Crippen molar-refractivity contribution in [1.29, 1.82) is 0 Å². The smallest absolute Gasteiger partial charge is 0.748 e. The van der Waals surface area contributed by atoms with E-state index in [1.165, 1.54) is 7.11 Å². The van der Waals surface area contributed by atoms with Gasteiger partial charge in [-0.05, 0) is 30.9 Å². The summed E-state index contributed by atoms with van der Waals surface area (Å²) in [7, 11) is -14.6. The summed E-state index contributed by atoms with van der Waals surface area (Å²) in [5.41, 5.74) is 0. The average Bonchev–Trinajstić information content (AvgIpc) is 2.81. The molecule has 0 spiro atoms. The van der Waals surface area contributed by atoms with Crippen LogP contribution in [0.4, 0.5) is 0 Å². The zero-order valence-corrected chi connectivity index (χ0v) is 38.0. The fourth-order valence-electron chi connectivity index (χ4n) is 2.08. The molecule has 0 radical (unpaired) electrons. The second-order valence-electron chi connectivity index (χ2n) is 7.95. The molecule has 0 aliphatic carbocycles. The first kappa shape index (κ1) is 62.6. The predicted molar refractivity (Wildman–Crippen MR) is 137 cm³/mol. The van der Waals surface area contributed by atoms with E-state index in [0.717, 1.165) is 0 Å². The molecule has 0 rings (SSSR count). The van der Waals surface area contributed by atoms with Crippen LogP contribution in [0.3, 0.4) is 0 Å². The van der Waals surface area contributed by atoms with E-state index in [2.05, 4.69) is 8.92 Å². The van der Waals surface area contributed by atoms with Crippen LogP contribution in [-0.4, -0.2) is 124 Å². The van der Waals surface area contributed by atoms with Gasteiger partial charge in [-0.1, -0.05) is 31.5 Å². The molecule has 0 aromatic rings. The van der Waals surface area contributed by atoms with Crippen molar-refractivity contribution in [3.05, 3.63) is 0 Å². The van der Waals surface area contributed by atoms with Crippen LogP contribution >= 0.6 is 0 Å². The van der Waals surface area contributed by atoms with Gasteiger partial charge in [0.2, 0.25) is 10.4 Å². The van der Waals surface area contributed by atoms with Crippen molar-refractivity contribution in [1.82, 2.24) is 0 Å². The molecule has 4 unspecified atom stereocenters. The van der Waals surface area contributed by atoms with Gasteiger partial charge in [-0.15, -0.1) is 0 Å². The van der Waals surface area contributed by atoms with Gasteiger partial charge in [0.25, 0.3) is 0 Å². The minimum absolute atomic E-state index is 0. The summed E-state index contributed by atoms with van der Waals surface area (Å²) < 4.78 is 131. The Labute approximate surface area is 352 Å². The molecule has 0 saturated heterocycles. The first-order chi connectivity index (χ1) is 18.2. The van der Waals surface area contributed by atoms with Gasteiger partial charge in [-0.2, -0.15) is 0 Å². The van der Waals surface area contributed by atoms with Crippen LogP contribution < -0.4 is 118 Å². The third-order valence-electron chi connectivity index (χ3n) is 4.27. The van der Waals surface area contributed by atoms with E-state index in [1.807, 2.05) is 6.92 Å². The van der Waals surface area contributed by atoms with Crippen LogP contribution in [-0.2, 0) is 68.2 Å². The molecular formula is C19H40Na4O17S4. The molecule has 0 aromatic carbocycles. The Balaban J connectivity index is -0.0000000907. The molecule has 4 atom stereocenters. The summed E-state index contributed by atoms with van der Waals surface area (Å²) in [6.07, 6.45) is -0.265. The Morgan fingerprint density at radius 1 is 0.705 bits per heavy atom. The Kier molecular flexibility index (Phi) is 51.5. The standard InChI is InChI=1S/C7H15O7S2.C7H16O5S.C5H12O5S.4Na/c1-2-6(8)3-14-4-7(15(9)10)5-16(11,12)13;1-2-7(8)6-12-4-3-5-13(9,10)11;1-3-5(4-9-2)10-11(6,7)8;;;;/h6-8H,2-5H2,1H3,(H,11,12,13);7-8H,2-6H2,1H3,(H,9,10,11);5H,3-4H2,1-2H3,(H,6,7,8);;;;/q-1;;;4*+1/p-3. The molecule has 0 aliphatic heterocycles. The van der Waals surface area contributed by atoms with E-state index in [4.69, 9.17) is 19.7 Å². The molecule has 0 bridgehead atoms. The molecule has 0 amide bonds. The number of rotatable bonds is 20. The first-order valence-electron chi connectivity index (χ1n) is 11.8. The van der Waals surface area contributed by atoms with Gasteiger partial charge in [0.05, 0.1) is 58.4 Å². The van der Waals surface area contributed by atoms with E-state index >= 15 is 0 Å². The van der Waals surface area contributed by atoms with Gasteiger partial charge in [0.1, 0.15) is 0 Å². The molecule has 0 heterocycles. The Bertz CT molecular complexity index is 1020. The fraction of sp³-hybridized carbons (Fsp3) is 1.00. The number of hydrogen-bond donors (Lipinski definition) is 2. The SMILES string of the molecule is CCC(COC)OS(=O)(=O)[O-].CCC(O)COCC(CS(=O)(=O)[O-])[S-](=O)=O.CCC(O)COCCCS(=O)(=O)[O-].[Na+].[Na+].[Na+].[Na+]. The van der Waals surface area contributed by atoms with Crippen LogP contribution in [0.1, 0.15) is 46.5 Å². The largest absolute Gasteiger partial charge is 1.00 e. The molecule has 0 fully saturated rings. The van der Waals surface area contributed by atoms with Crippen molar-refractivity contribution in [3.63, 3.8) is 0 Å². The molecule has 0 aliphatic rings. The van der Waals surface area contributed by atoms with Gasteiger partial charge in [0.15, 0.2) is 0 Å². The zero-order chi connectivity index (χ0) is 32.0. The number of methoxy groups -OCH3 is 1. The molecule has 2 N–H and O–H groups in total. The van der Waals surface area contributed by atoms with Crippen molar-refractivity contribution in [3.8, 4) is 0 Å². The van der Waals surface area contributed by atoms with Crippen molar-refractivity contribution in [2.75, 3.05) is 51.6 Å². The van der Waals surface area contributed by atoms with Gasteiger partial charge in [-0.25, -0.2) is 25.3 Å². The summed E-state index contributed by atoms with van der Waals surface area (Å²) in [6.45, 7) is 5.20. The second kappa shape index (κ2) is 36.2. The summed E-state index contributed by atoms with van der Waals surface area (Å²) in [4.78, 5) is 0. The van der Waals surface area contributed by atoms with Gasteiger partial charge >= 0.3 is 118 Å². The van der Waals surface area contributed by atoms with E-state index < -0.39 is 83.0 Å². The van der Waals surface area contributed by atoms with Crippen LogP contribution in [0, 0.1) is 0 Å². The summed E-state index contributed by atoms with van der Waals surface area (Å²) in [5, 5.41) is 16.7. The number of aliphatic hydroxyl groups excluding tert-OH is 2. The van der Waals surface area contributed by atoms with Crippen molar-refractivity contribution in [2.24, 2.45) is 0 Å². The van der Waals surface area contributed by atoms with Crippen molar-refractivity contribution >= 4 is 41.3 Å². The Morgan fingerprint density at radius 2 is 1.16 bits per heavy atom. The summed E-state index contributed by atoms with van der Waals surface area (Å²) in [5.74, 6) is -1.43. The summed E-state index contributed by atoms with van der Waals surface area (Å²) in [6, 6.07) is 0. The van der Waals surface area contributed by atoms with E-state index in [9.17, 15) is 47.3 Å². The van der Waals surface area contributed by atoms with Crippen LogP contribution in [0.15, 0.2) is 0 Å². The fourth-order valence-corrected chi connectivity index (χ4v) is 4.78. The van der Waals surface area contributed by atoms with E-state index in [0.29, 0.717) is 19.3 Å². The third kappa shape index (κ3) is 52.3. The molecule has 0 aromatic heterocycles. The van der Waals surface area contributed by atoms with Crippen molar-refractivity contribution < 1.29 is 194 Å². The van der Waals surface area contributed by atoms with Crippen LogP contribution in [0.2, 0.25) is 0 Å². The van der Waals surface area contributed by atoms with Gasteiger partial charge < -0.3 is 46.5 Å². The third-order valence-corrected chi connectivity index (χ3v) is 7.44. The maximum Gasteiger partial charge on any atom is 1.00 e. The van der Waals surface area contributed by atoms with E-state index in [1.54, 1.807) is 13.8 Å². The normalized spacial score (nSPS) is 13.9. The van der Waals surface area contributed by atoms with Gasteiger partial charge in [0, 0.05) is 31.8 Å². The van der Waals surface area contributed by atoms with Crippen molar-refractivity contribution in [2.45, 2.75) is 70.0 Å². The maximum absolute atomic E-state index is 10.6. The zero-order valence-electron chi connectivity index (χ0n) is 26.7.